The maximum atomic E-state index is 3.74. The van der Waals surface area contributed by atoms with E-state index < -0.39 is 0 Å². The molecule has 1 aliphatic carbocycles. The Morgan fingerprint density at radius 2 is 1.86 bits per heavy atom. The number of hydrogen-bond donors (Lipinski definition) is 1. The zero-order chi connectivity index (χ0) is 9.80. The molecule has 0 aromatic carbocycles. The maximum absolute atomic E-state index is 3.74. The van der Waals surface area contributed by atoms with E-state index in [1.54, 1.807) is 0 Å². The van der Waals surface area contributed by atoms with Crippen LogP contribution in [0.2, 0.25) is 0 Å². The Morgan fingerprint density at radius 1 is 1.07 bits per heavy atom. The van der Waals surface area contributed by atoms with E-state index in [0.29, 0.717) is 0 Å². The lowest BCUT2D eigenvalue weighted by Gasteiger charge is -2.31. The van der Waals surface area contributed by atoms with E-state index in [0.717, 1.165) is 12.0 Å². The Kier molecular flexibility index (Phi) is 3.82. The number of rotatable bonds is 1. The van der Waals surface area contributed by atoms with Gasteiger partial charge in [0.1, 0.15) is 0 Å². The highest BCUT2D eigenvalue weighted by Gasteiger charge is 2.25. The normalized spacial score (nSPS) is 32.8. The lowest BCUT2D eigenvalue weighted by atomic mass is 9.84. The third-order valence-corrected chi connectivity index (χ3v) is 3.85. The number of nitrogens with one attached hydrogen (secondary N) is 1. The fraction of sp³-hybridized carbons (Fsp3) is 1.00. The Balaban J connectivity index is 1.87. The van der Waals surface area contributed by atoms with Crippen molar-refractivity contribution in [3.05, 3.63) is 0 Å². The molecule has 2 rings (SSSR count). The van der Waals surface area contributed by atoms with Crippen molar-refractivity contribution in [3.63, 3.8) is 0 Å². The van der Waals surface area contributed by atoms with Crippen molar-refractivity contribution in [2.75, 3.05) is 26.7 Å². The first kappa shape index (κ1) is 10.4. The van der Waals surface area contributed by atoms with E-state index in [1.807, 2.05) is 0 Å². The first-order valence-corrected chi connectivity index (χ1v) is 6.28. The van der Waals surface area contributed by atoms with Crippen molar-refractivity contribution in [2.45, 2.75) is 44.6 Å². The number of nitrogens with zero attached hydrogens (tertiary/aromatic N) is 1. The Morgan fingerprint density at radius 3 is 2.64 bits per heavy atom. The topological polar surface area (TPSA) is 15.3 Å². The molecule has 1 unspecified atom stereocenters. The van der Waals surface area contributed by atoms with Gasteiger partial charge < -0.3 is 10.2 Å². The summed E-state index contributed by atoms with van der Waals surface area (Å²) in [5, 5.41) is 3.74. The molecule has 2 fully saturated rings. The molecule has 0 bridgehead atoms. The van der Waals surface area contributed by atoms with Gasteiger partial charge in [-0.05, 0) is 45.3 Å². The standard InChI is InChI=1S/C12H24N2/c1-14-9-5-8-13-12(10-14)11-6-3-2-4-7-11/h11-13H,2-10H2,1H3. The minimum absolute atomic E-state index is 0.780. The minimum atomic E-state index is 0.780. The van der Waals surface area contributed by atoms with Gasteiger partial charge in [0.05, 0.1) is 0 Å². The molecule has 14 heavy (non-hydrogen) atoms. The van der Waals surface area contributed by atoms with Crippen LogP contribution in [0.5, 0.6) is 0 Å². The molecule has 2 aliphatic rings. The average molecular weight is 196 g/mol. The fourth-order valence-electron chi connectivity index (χ4n) is 2.98. The summed E-state index contributed by atoms with van der Waals surface area (Å²) in [6, 6.07) is 0.780. The van der Waals surface area contributed by atoms with Crippen molar-refractivity contribution in [1.82, 2.24) is 10.2 Å². The van der Waals surface area contributed by atoms with Gasteiger partial charge in [-0.2, -0.15) is 0 Å². The lowest BCUT2D eigenvalue weighted by Crippen LogP contribution is -2.42. The zero-order valence-corrected chi connectivity index (χ0v) is 9.47. The summed E-state index contributed by atoms with van der Waals surface area (Å²) >= 11 is 0. The van der Waals surface area contributed by atoms with Gasteiger partial charge in [0.2, 0.25) is 0 Å². The molecular weight excluding hydrogens is 172 g/mol. The van der Waals surface area contributed by atoms with E-state index in [1.165, 1.54) is 58.2 Å². The molecule has 1 heterocycles. The molecule has 1 atom stereocenters. The predicted molar refractivity (Wildman–Crippen MR) is 60.5 cm³/mol. The molecule has 1 N–H and O–H groups in total. The van der Waals surface area contributed by atoms with Crippen LogP contribution in [-0.4, -0.2) is 37.6 Å². The minimum Gasteiger partial charge on any atom is -0.312 e. The van der Waals surface area contributed by atoms with E-state index in [-0.39, 0.29) is 0 Å². The molecule has 0 aromatic heterocycles. The second kappa shape index (κ2) is 5.13. The van der Waals surface area contributed by atoms with Gasteiger partial charge in [0.25, 0.3) is 0 Å². The van der Waals surface area contributed by atoms with Crippen molar-refractivity contribution in [1.29, 1.82) is 0 Å². The molecule has 0 aromatic rings. The summed E-state index contributed by atoms with van der Waals surface area (Å²) in [6.07, 6.45) is 8.65. The third kappa shape index (κ3) is 2.71. The lowest BCUT2D eigenvalue weighted by molar-refractivity contribution is 0.228. The summed E-state index contributed by atoms with van der Waals surface area (Å²) in [7, 11) is 2.27. The monoisotopic (exact) mass is 196 g/mol. The van der Waals surface area contributed by atoms with E-state index in [4.69, 9.17) is 0 Å². The van der Waals surface area contributed by atoms with Gasteiger partial charge in [-0.25, -0.2) is 0 Å². The number of hydrogen-bond acceptors (Lipinski definition) is 2. The van der Waals surface area contributed by atoms with E-state index in [9.17, 15) is 0 Å². The van der Waals surface area contributed by atoms with Gasteiger partial charge in [-0.3, -0.25) is 0 Å². The highest BCUT2D eigenvalue weighted by molar-refractivity contribution is 4.83. The van der Waals surface area contributed by atoms with Crippen LogP contribution in [0.4, 0.5) is 0 Å². The van der Waals surface area contributed by atoms with Gasteiger partial charge in [-0.1, -0.05) is 19.3 Å². The van der Waals surface area contributed by atoms with E-state index >= 15 is 0 Å². The van der Waals surface area contributed by atoms with Crippen molar-refractivity contribution in [2.24, 2.45) is 5.92 Å². The van der Waals surface area contributed by atoms with Crippen LogP contribution in [0.3, 0.4) is 0 Å². The fourth-order valence-corrected chi connectivity index (χ4v) is 2.98. The van der Waals surface area contributed by atoms with Crippen LogP contribution in [0.15, 0.2) is 0 Å². The van der Waals surface area contributed by atoms with Gasteiger partial charge >= 0.3 is 0 Å². The summed E-state index contributed by atoms with van der Waals surface area (Å²) in [6.45, 7) is 3.77. The Bertz CT molecular complexity index is 164. The quantitative estimate of drug-likeness (QED) is 0.688. The largest absolute Gasteiger partial charge is 0.312 e. The molecule has 82 valence electrons. The Hall–Kier alpha value is -0.0800. The second-order valence-corrected chi connectivity index (χ2v) is 5.07. The highest BCUT2D eigenvalue weighted by Crippen LogP contribution is 2.27. The predicted octanol–water partition coefficient (Wildman–Crippen LogP) is 1.86. The maximum Gasteiger partial charge on any atom is 0.0223 e. The molecule has 2 nitrogen and oxygen atoms in total. The van der Waals surface area contributed by atoms with Gasteiger partial charge in [0.15, 0.2) is 0 Å². The van der Waals surface area contributed by atoms with Crippen molar-refractivity contribution in [3.8, 4) is 0 Å². The molecule has 0 spiro atoms. The number of likely N-dealkylation sites (N-methyl/N-ethyl adjacent to an activating group) is 1. The molecule has 0 amide bonds. The van der Waals surface area contributed by atoms with Crippen molar-refractivity contribution < 1.29 is 0 Å². The molecule has 1 saturated heterocycles. The average Bonchev–Trinajstić information content (AvgIpc) is 2.44. The van der Waals surface area contributed by atoms with E-state index in [2.05, 4.69) is 17.3 Å². The van der Waals surface area contributed by atoms with Crippen LogP contribution >= 0.6 is 0 Å². The first-order chi connectivity index (χ1) is 6.86. The molecule has 0 radical (unpaired) electrons. The smallest absolute Gasteiger partial charge is 0.0223 e. The summed E-state index contributed by atoms with van der Waals surface area (Å²) in [5.74, 6) is 0.962. The van der Waals surface area contributed by atoms with Crippen LogP contribution in [0.1, 0.15) is 38.5 Å². The van der Waals surface area contributed by atoms with Crippen LogP contribution < -0.4 is 5.32 Å². The third-order valence-electron chi connectivity index (χ3n) is 3.85. The summed E-state index contributed by atoms with van der Waals surface area (Å²) in [4.78, 5) is 2.50. The Labute approximate surface area is 88.1 Å². The SMILES string of the molecule is CN1CCCNC(C2CCCCC2)C1. The van der Waals surface area contributed by atoms with Gasteiger partial charge in [0, 0.05) is 12.6 Å². The molecule has 1 saturated carbocycles. The van der Waals surface area contributed by atoms with Gasteiger partial charge in [-0.15, -0.1) is 0 Å². The van der Waals surface area contributed by atoms with Crippen molar-refractivity contribution >= 4 is 0 Å². The van der Waals surface area contributed by atoms with Crippen LogP contribution in [0, 0.1) is 5.92 Å². The molecule has 1 aliphatic heterocycles. The highest BCUT2D eigenvalue weighted by atomic mass is 15.1. The zero-order valence-electron chi connectivity index (χ0n) is 9.47. The summed E-state index contributed by atoms with van der Waals surface area (Å²) in [5.41, 5.74) is 0. The summed E-state index contributed by atoms with van der Waals surface area (Å²) < 4.78 is 0. The molecular formula is C12H24N2. The van der Waals surface area contributed by atoms with Crippen LogP contribution in [0.25, 0.3) is 0 Å². The molecule has 2 heteroatoms. The second-order valence-electron chi connectivity index (χ2n) is 5.07. The first-order valence-electron chi connectivity index (χ1n) is 6.28. The van der Waals surface area contributed by atoms with Crippen LogP contribution in [-0.2, 0) is 0 Å².